The average Bonchev–Trinajstić information content (AvgIpc) is 2.69. The zero-order valence-corrected chi connectivity index (χ0v) is 14.9. The first-order chi connectivity index (χ1) is 12.7. The number of rotatable bonds is 3. The Labute approximate surface area is 154 Å². The summed E-state index contributed by atoms with van der Waals surface area (Å²) in [6.45, 7) is 1.26. The second-order valence-corrected chi connectivity index (χ2v) is 6.46. The largest absolute Gasteiger partial charge is 0.468 e. The maximum Gasteiger partial charge on any atom is 0.323 e. The first kappa shape index (κ1) is 18.2. The molecule has 0 radical (unpaired) electrons. The number of esters is 1. The minimum Gasteiger partial charge on any atom is -0.468 e. The molecule has 3 rings (SSSR count). The zero-order chi connectivity index (χ0) is 18.4. The molecule has 0 saturated carbocycles. The van der Waals surface area contributed by atoms with Gasteiger partial charge in [0.15, 0.2) is 0 Å². The van der Waals surface area contributed by atoms with Crippen LogP contribution in [0.5, 0.6) is 0 Å². The van der Waals surface area contributed by atoms with E-state index in [1.54, 1.807) is 0 Å². The van der Waals surface area contributed by atoms with Gasteiger partial charge in [-0.1, -0.05) is 48.2 Å². The van der Waals surface area contributed by atoms with Crippen LogP contribution in [0, 0.1) is 11.8 Å². The third-order valence-corrected chi connectivity index (χ3v) is 4.67. The monoisotopic (exact) mass is 349 g/mol. The fourth-order valence-corrected chi connectivity index (χ4v) is 3.23. The standard InChI is InChI=1S/C22H23NO3/c1-26-22(25)21-15-20(24)13-14-23(21)16-19-10-6-5-9-18(19)12-11-17-7-3-2-4-8-17/h2-10,20-21,24H,13-16H2,1H3/t20-,21+/m0/s1. The molecule has 0 aromatic heterocycles. The number of nitrogens with zero attached hydrogens (tertiary/aromatic N) is 1. The zero-order valence-electron chi connectivity index (χ0n) is 14.9. The van der Waals surface area contributed by atoms with E-state index in [2.05, 4.69) is 16.7 Å². The van der Waals surface area contributed by atoms with Gasteiger partial charge < -0.3 is 9.84 Å². The predicted octanol–water partition coefficient (Wildman–Crippen LogP) is 2.58. The molecule has 0 unspecified atom stereocenters. The molecule has 0 aliphatic carbocycles. The molecule has 1 heterocycles. The van der Waals surface area contributed by atoms with Crippen molar-refractivity contribution in [1.29, 1.82) is 0 Å². The number of carbonyl (C=O) groups excluding carboxylic acids is 1. The van der Waals surface area contributed by atoms with Gasteiger partial charge in [-0.3, -0.25) is 9.69 Å². The summed E-state index contributed by atoms with van der Waals surface area (Å²) in [4.78, 5) is 14.2. The third kappa shape index (κ3) is 4.51. The molecule has 2 atom stereocenters. The Morgan fingerprint density at radius 3 is 2.65 bits per heavy atom. The highest BCUT2D eigenvalue weighted by Crippen LogP contribution is 2.22. The Bertz CT molecular complexity index is 807. The van der Waals surface area contributed by atoms with Crippen LogP contribution in [-0.4, -0.2) is 41.8 Å². The summed E-state index contributed by atoms with van der Waals surface area (Å²) in [7, 11) is 1.39. The van der Waals surface area contributed by atoms with Gasteiger partial charge in [0, 0.05) is 24.2 Å². The lowest BCUT2D eigenvalue weighted by molar-refractivity contribution is -0.150. The topological polar surface area (TPSA) is 49.8 Å². The van der Waals surface area contributed by atoms with Crippen LogP contribution in [0.2, 0.25) is 0 Å². The van der Waals surface area contributed by atoms with E-state index in [0.29, 0.717) is 25.9 Å². The summed E-state index contributed by atoms with van der Waals surface area (Å²) in [5, 5.41) is 9.92. The van der Waals surface area contributed by atoms with E-state index in [9.17, 15) is 9.90 Å². The molecule has 1 fully saturated rings. The number of ether oxygens (including phenoxy) is 1. The van der Waals surface area contributed by atoms with Crippen LogP contribution in [0.3, 0.4) is 0 Å². The van der Waals surface area contributed by atoms with Crippen LogP contribution in [0.25, 0.3) is 0 Å². The fraction of sp³-hybridized carbons (Fsp3) is 0.318. The van der Waals surface area contributed by atoms with Crippen LogP contribution in [0.4, 0.5) is 0 Å². The van der Waals surface area contributed by atoms with Crippen LogP contribution in [-0.2, 0) is 16.1 Å². The van der Waals surface area contributed by atoms with Crippen molar-refractivity contribution in [2.45, 2.75) is 31.5 Å². The SMILES string of the molecule is COC(=O)[C@H]1C[C@@H](O)CCN1Cc1ccccc1C#Cc1ccccc1. The molecule has 2 aromatic carbocycles. The van der Waals surface area contributed by atoms with E-state index in [-0.39, 0.29) is 5.97 Å². The summed E-state index contributed by atoms with van der Waals surface area (Å²) in [5.74, 6) is 6.14. The number of hydrogen-bond acceptors (Lipinski definition) is 4. The van der Waals surface area contributed by atoms with Crippen molar-refractivity contribution >= 4 is 5.97 Å². The lowest BCUT2D eigenvalue weighted by Gasteiger charge is -2.36. The Morgan fingerprint density at radius 2 is 1.88 bits per heavy atom. The normalized spacial score (nSPS) is 20.1. The number of aliphatic hydroxyl groups is 1. The van der Waals surface area contributed by atoms with Crippen LogP contribution in [0.15, 0.2) is 54.6 Å². The molecule has 1 aliphatic rings. The van der Waals surface area contributed by atoms with Crippen molar-refractivity contribution in [2.75, 3.05) is 13.7 Å². The molecule has 1 aliphatic heterocycles. The third-order valence-electron chi connectivity index (χ3n) is 4.67. The van der Waals surface area contributed by atoms with E-state index in [0.717, 1.165) is 16.7 Å². The van der Waals surface area contributed by atoms with Gasteiger partial charge in [-0.15, -0.1) is 0 Å². The fourth-order valence-electron chi connectivity index (χ4n) is 3.23. The lowest BCUT2D eigenvalue weighted by atomic mass is 9.97. The molecular weight excluding hydrogens is 326 g/mol. The van der Waals surface area contributed by atoms with Crippen LogP contribution < -0.4 is 0 Å². The van der Waals surface area contributed by atoms with Gasteiger partial charge in [0.25, 0.3) is 0 Å². The van der Waals surface area contributed by atoms with Gasteiger partial charge >= 0.3 is 5.97 Å². The van der Waals surface area contributed by atoms with Crippen molar-refractivity contribution in [1.82, 2.24) is 4.90 Å². The Hall–Kier alpha value is -2.61. The molecule has 0 bridgehead atoms. The van der Waals surface area contributed by atoms with Crippen molar-refractivity contribution in [2.24, 2.45) is 0 Å². The molecule has 1 saturated heterocycles. The van der Waals surface area contributed by atoms with Crippen molar-refractivity contribution in [3.63, 3.8) is 0 Å². The molecular formula is C22H23NO3. The van der Waals surface area contributed by atoms with E-state index < -0.39 is 12.1 Å². The summed E-state index contributed by atoms with van der Waals surface area (Å²) < 4.78 is 4.92. The van der Waals surface area contributed by atoms with Crippen molar-refractivity contribution in [3.8, 4) is 11.8 Å². The van der Waals surface area contributed by atoms with Gasteiger partial charge in [0.2, 0.25) is 0 Å². The average molecular weight is 349 g/mol. The highest BCUT2D eigenvalue weighted by Gasteiger charge is 2.33. The Kier molecular flexibility index (Phi) is 6.06. The Balaban J connectivity index is 1.81. The second kappa shape index (κ2) is 8.66. The van der Waals surface area contributed by atoms with E-state index in [1.165, 1.54) is 7.11 Å². The highest BCUT2D eigenvalue weighted by atomic mass is 16.5. The van der Waals surface area contributed by atoms with Gasteiger partial charge in [-0.2, -0.15) is 0 Å². The molecule has 0 spiro atoms. The lowest BCUT2D eigenvalue weighted by Crippen LogP contribution is -2.48. The van der Waals surface area contributed by atoms with Gasteiger partial charge in [0.1, 0.15) is 6.04 Å². The van der Waals surface area contributed by atoms with Gasteiger partial charge in [-0.05, 0) is 36.6 Å². The smallest absolute Gasteiger partial charge is 0.323 e. The van der Waals surface area contributed by atoms with Gasteiger partial charge in [0.05, 0.1) is 13.2 Å². The molecule has 134 valence electrons. The van der Waals surface area contributed by atoms with E-state index in [1.807, 2.05) is 54.6 Å². The second-order valence-electron chi connectivity index (χ2n) is 6.46. The summed E-state index contributed by atoms with van der Waals surface area (Å²) in [6, 6.07) is 17.4. The highest BCUT2D eigenvalue weighted by molar-refractivity contribution is 5.75. The molecule has 4 nitrogen and oxygen atoms in total. The maximum atomic E-state index is 12.1. The van der Waals surface area contributed by atoms with Gasteiger partial charge in [-0.25, -0.2) is 0 Å². The van der Waals surface area contributed by atoms with Crippen molar-refractivity contribution < 1.29 is 14.6 Å². The summed E-state index contributed by atoms with van der Waals surface area (Å²) in [5.41, 5.74) is 2.99. The molecule has 2 aromatic rings. The number of aliphatic hydroxyl groups excluding tert-OH is 1. The van der Waals surface area contributed by atoms with Crippen LogP contribution >= 0.6 is 0 Å². The number of carbonyl (C=O) groups is 1. The molecule has 0 amide bonds. The minimum absolute atomic E-state index is 0.295. The number of piperidine rings is 1. The Morgan fingerprint density at radius 1 is 1.15 bits per heavy atom. The minimum atomic E-state index is -0.455. The number of methoxy groups -OCH3 is 1. The molecule has 4 heteroatoms. The van der Waals surface area contributed by atoms with Crippen LogP contribution in [0.1, 0.15) is 29.5 Å². The summed E-state index contributed by atoms with van der Waals surface area (Å²) in [6.07, 6.45) is 0.610. The van der Waals surface area contributed by atoms with E-state index >= 15 is 0 Å². The summed E-state index contributed by atoms with van der Waals surface area (Å²) >= 11 is 0. The first-order valence-electron chi connectivity index (χ1n) is 8.82. The quantitative estimate of drug-likeness (QED) is 0.684. The number of likely N-dealkylation sites (tertiary alicyclic amines) is 1. The van der Waals surface area contributed by atoms with E-state index in [4.69, 9.17) is 4.74 Å². The number of benzene rings is 2. The van der Waals surface area contributed by atoms with Crippen molar-refractivity contribution in [3.05, 3.63) is 71.3 Å². The predicted molar refractivity (Wildman–Crippen MR) is 100 cm³/mol. The number of hydrogen-bond donors (Lipinski definition) is 1. The molecule has 1 N–H and O–H groups in total. The first-order valence-corrected chi connectivity index (χ1v) is 8.82. The maximum absolute atomic E-state index is 12.1. The molecule has 26 heavy (non-hydrogen) atoms.